The van der Waals surface area contributed by atoms with E-state index in [1.807, 2.05) is 37.3 Å². The Bertz CT molecular complexity index is 964. The molecular weight excluding hydrogens is 408 g/mol. The number of carbonyl (C=O) groups excluding carboxylic acids is 1. The number of nitrogens with two attached hydrogens (primary N) is 1. The lowest BCUT2D eigenvalue weighted by Gasteiger charge is -2.09. The zero-order valence-electron chi connectivity index (χ0n) is 14.8. The van der Waals surface area contributed by atoms with Gasteiger partial charge in [-0.25, -0.2) is 0 Å². The smallest absolute Gasteiger partial charge is 0.255 e. The van der Waals surface area contributed by atoms with Crippen molar-refractivity contribution in [1.82, 2.24) is 5.32 Å². The van der Waals surface area contributed by atoms with Crippen molar-refractivity contribution in [2.45, 2.75) is 6.92 Å². The van der Waals surface area contributed by atoms with Gasteiger partial charge in [0.25, 0.3) is 5.91 Å². The highest BCUT2D eigenvalue weighted by atomic mass is 79.9. The molecule has 1 aliphatic heterocycles. The summed E-state index contributed by atoms with van der Waals surface area (Å²) in [5.41, 5.74) is 9.35. The Hall–Kier alpha value is -2.99. The second-order valence-corrected chi connectivity index (χ2v) is 6.79. The third-order valence-electron chi connectivity index (χ3n) is 4.08. The van der Waals surface area contributed by atoms with Gasteiger partial charge in [-0.1, -0.05) is 46.8 Å². The molecule has 0 saturated heterocycles. The van der Waals surface area contributed by atoms with Gasteiger partial charge < -0.3 is 20.5 Å². The number of allylic oxidation sites excluding steroid dienone is 3. The van der Waals surface area contributed by atoms with Crippen LogP contribution < -0.4 is 20.5 Å². The topological polar surface area (TPSA) is 73.6 Å². The lowest BCUT2D eigenvalue weighted by atomic mass is 10.1. The van der Waals surface area contributed by atoms with Crippen LogP contribution in [0.5, 0.6) is 11.5 Å². The minimum atomic E-state index is -0.203. The molecule has 2 aromatic rings. The first-order valence-corrected chi connectivity index (χ1v) is 9.04. The van der Waals surface area contributed by atoms with E-state index in [1.54, 1.807) is 18.2 Å². The minimum Gasteiger partial charge on any atom is -0.454 e. The van der Waals surface area contributed by atoms with Gasteiger partial charge in [-0.15, -0.1) is 0 Å². The molecule has 27 heavy (non-hydrogen) atoms. The molecule has 1 aliphatic rings. The molecule has 2 aromatic carbocycles. The summed E-state index contributed by atoms with van der Waals surface area (Å²) in [6.45, 7) is 5.97. The average Bonchev–Trinajstić information content (AvgIpc) is 3.09. The first-order chi connectivity index (χ1) is 13.0. The standard InChI is InChI=1S/C21H19BrN2O3/c1-13-5-3-4-6-16(13)21(25)24-14(2)7-8-15(11-23)17-9-19-20(10-18(17)22)27-12-26-19/h3-11H,2,12,23H2,1H3,(H,24,25)/b8-7-,15-11+. The van der Waals surface area contributed by atoms with Gasteiger partial charge in [0, 0.05) is 27.5 Å². The molecule has 0 fully saturated rings. The molecule has 1 heterocycles. The summed E-state index contributed by atoms with van der Waals surface area (Å²) in [5, 5.41) is 2.78. The Morgan fingerprint density at radius 1 is 1.19 bits per heavy atom. The van der Waals surface area contributed by atoms with E-state index < -0.39 is 0 Å². The van der Waals surface area contributed by atoms with Gasteiger partial charge in [0.2, 0.25) is 6.79 Å². The molecule has 0 radical (unpaired) electrons. The number of amides is 1. The third-order valence-corrected chi connectivity index (χ3v) is 4.74. The number of ether oxygens (including phenoxy) is 2. The average molecular weight is 427 g/mol. The van der Waals surface area contributed by atoms with Gasteiger partial charge in [0.05, 0.1) is 0 Å². The van der Waals surface area contributed by atoms with Crippen LogP contribution in [0.1, 0.15) is 21.5 Å². The maximum atomic E-state index is 12.4. The van der Waals surface area contributed by atoms with Crippen LogP contribution in [0.2, 0.25) is 0 Å². The number of aryl methyl sites for hydroxylation is 1. The summed E-state index contributed by atoms with van der Waals surface area (Å²) in [5.74, 6) is 1.14. The molecule has 0 unspecified atom stereocenters. The Balaban J connectivity index is 1.73. The van der Waals surface area contributed by atoms with Crippen molar-refractivity contribution in [2.75, 3.05) is 6.79 Å². The molecule has 3 N–H and O–H groups in total. The van der Waals surface area contributed by atoms with Crippen LogP contribution in [0.4, 0.5) is 0 Å². The normalized spacial score (nSPS) is 13.0. The Morgan fingerprint density at radius 3 is 2.59 bits per heavy atom. The summed E-state index contributed by atoms with van der Waals surface area (Å²) in [7, 11) is 0. The molecule has 0 atom stereocenters. The number of nitrogens with one attached hydrogen (secondary N) is 1. The molecule has 138 valence electrons. The van der Waals surface area contributed by atoms with Crippen LogP contribution in [0.15, 0.2) is 71.5 Å². The van der Waals surface area contributed by atoms with Gasteiger partial charge in [-0.05, 0) is 42.3 Å². The fourth-order valence-electron chi connectivity index (χ4n) is 2.65. The molecule has 0 bridgehead atoms. The first kappa shape index (κ1) is 18.8. The van der Waals surface area contributed by atoms with Crippen molar-refractivity contribution in [2.24, 2.45) is 5.73 Å². The van der Waals surface area contributed by atoms with E-state index in [9.17, 15) is 4.79 Å². The maximum Gasteiger partial charge on any atom is 0.255 e. The van der Waals surface area contributed by atoms with E-state index in [2.05, 4.69) is 27.8 Å². The van der Waals surface area contributed by atoms with Crippen molar-refractivity contribution >= 4 is 27.4 Å². The van der Waals surface area contributed by atoms with E-state index in [0.717, 1.165) is 21.2 Å². The molecule has 0 spiro atoms. The monoisotopic (exact) mass is 426 g/mol. The summed E-state index contributed by atoms with van der Waals surface area (Å²) >= 11 is 3.52. The third kappa shape index (κ3) is 4.23. The molecule has 6 heteroatoms. The molecule has 0 aliphatic carbocycles. The van der Waals surface area contributed by atoms with Gasteiger partial charge in [0.15, 0.2) is 11.5 Å². The van der Waals surface area contributed by atoms with Crippen LogP contribution in [-0.2, 0) is 0 Å². The maximum absolute atomic E-state index is 12.4. The first-order valence-electron chi connectivity index (χ1n) is 8.25. The van der Waals surface area contributed by atoms with Gasteiger partial charge in [-0.3, -0.25) is 4.79 Å². The van der Waals surface area contributed by atoms with E-state index in [0.29, 0.717) is 22.8 Å². The number of rotatable bonds is 5. The highest BCUT2D eigenvalue weighted by Crippen LogP contribution is 2.39. The quantitative estimate of drug-likeness (QED) is 0.699. The van der Waals surface area contributed by atoms with Gasteiger partial charge in [0.1, 0.15) is 0 Å². The Kier molecular flexibility index (Phi) is 5.66. The van der Waals surface area contributed by atoms with Crippen molar-refractivity contribution < 1.29 is 14.3 Å². The largest absolute Gasteiger partial charge is 0.454 e. The zero-order chi connectivity index (χ0) is 19.4. The number of benzene rings is 2. The number of hydrogen-bond donors (Lipinski definition) is 2. The molecule has 0 saturated carbocycles. The zero-order valence-corrected chi connectivity index (χ0v) is 16.4. The number of hydrogen-bond acceptors (Lipinski definition) is 4. The van der Waals surface area contributed by atoms with Crippen LogP contribution in [0.25, 0.3) is 5.57 Å². The molecule has 1 amide bonds. The molecule has 3 rings (SSSR count). The molecule has 5 nitrogen and oxygen atoms in total. The fraction of sp³-hybridized carbons (Fsp3) is 0.0952. The lowest BCUT2D eigenvalue weighted by Crippen LogP contribution is -2.22. The predicted octanol–water partition coefficient (Wildman–Crippen LogP) is 4.29. The lowest BCUT2D eigenvalue weighted by molar-refractivity contribution is 0.0966. The van der Waals surface area contributed by atoms with E-state index >= 15 is 0 Å². The van der Waals surface area contributed by atoms with Crippen molar-refractivity contribution in [3.05, 3.63) is 88.2 Å². The van der Waals surface area contributed by atoms with Crippen LogP contribution >= 0.6 is 15.9 Å². The molecular formula is C21H19BrN2O3. The Morgan fingerprint density at radius 2 is 1.89 bits per heavy atom. The van der Waals surface area contributed by atoms with E-state index in [-0.39, 0.29) is 12.7 Å². The number of fused-ring (bicyclic) bond motifs is 1. The van der Waals surface area contributed by atoms with Crippen molar-refractivity contribution in [3.63, 3.8) is 0 Å². The van der Waals surface area contributed by atoms with Gasteiger partial charge >= 0.3 is 0 Å². The highest BCUT2D eigenvalue weighted by molar-refractivity contribution is 9.10. The van der Waals surface area contributed by atoms with Gasteiger partial charge in [-0.2, -0.15) is 0 Å². The summed E-state index contributed by atoms with van der Waals surface area (Å²) < 4.78 is 11.6. The summed E-state index contributed by atoms with van der Waals surface area (Å²) in [6, 6.07) is 11.1. The highest BCUT2D eigenvalue weighted by Gasteiger charge is 2.17. The molecule has 0 aromatic heterocycles. The van der Waals surface area contributed by atoms with Crippen molar-refractivity contribution in [3.8, 4) is 11.5 Å². The van der Waals surface area contributed by atoms with Crippen LogP contribution in [0, 0.1) is 6.92 Å². The fourth-order valence-corrected chi connectivity index (χ4v) is 3.20. The second-order valence-electron chi connectivity index (χ2n) is 5.93. The van der Waals surface area contributed by atoms with E-state index in [4.69, 9.17) is 15.2 Å². The van der Waals surface area contributed by atoms with Crippen LogP contribution in [0.3, 0.4) is 0 Å². The van der Waals surface area contributed by atoms with E-state index in [1.165, 1.54) is 6.20 Å². The second kappa shape index (κ2) is 8.14. The SMILES string of the molecule is C=C(/C=C\C(=C/N)c1cc2c(cc1Br)OCO2)NC(=O)c1ccccc1C. The summed E-state index contributed by atoms with van der Waals surface area (Å²) in [4.78, 5) is 12.4. The van der Waals surface area contributed by atoms with Crippen molar-refractivity contribution in [1.29, 1.82) is 0 Å². The number of carbonyl (C=O) groups is 1. The predicted molar refractivity (Wildman–Crippen MR) is 109 cm³/mol. The number of halogens is 1. The Labute approximate surface area is 166 Å². The summed E-state index contributed by atoms with van der Waals surface area (Å²) in [6.07, 6.45) is 4.96. The minimum absolute atomic E-state index is 0.199. The van der Waals surface area contributed by atoms with Crippen LogP contribution in [-0.4, -0.2) is 12.7 Å².